The predicted molar refractivity (Wildman–Crippen MR) is 75.3 cm³/mol. The van der Waals surface area contributed by atoms with Crippen molar-refractivity contribution in [2.45, 2.75) is 12.6 Å². The number of hydrogen-bond acceptors (Lipinski definition) is 2. The minimum Gasteiger partial charge on any atom is -0.257 e. The van der Waals surface area contributed by atoms with Crippen molar-refractivity contribution in [3.8, 4) is 0 Å². The van der Waals surface area contributed by atoms with Gasteiger partial charge in [-0.3, -0.25) is 4.99 Å². The van der Waals surface area contributed by atoms with E-state index in [1.165, 1.54) is 0 Å². The summed E-state index contributed by atoms with van der Waals surface area (Å²) >= 11 is 0. The maximum atomic E-state index is 4.75. The van der Waals surface area contributed by atoms with E-state index in [0.29, 0.717) is 0 Å². The van der Waals surface area contributed by atoms with Gasteiger partial charge in [0.1, 0.15) is 0 Å². The molecule has 0 amide bonds. The second kappa shape index (κ2) is 4.22. The molecule has 0 N–H and O–H groups in total. The molecular formula is C16H14N2. The van der Waals surface area contributed by atoms with Crippen molar-refractivity contribution >= 4 is 11.9 Å². The van der Waals surface area contributed by atoms with Crippen LogP contribution in [0.5, 0.6) is 0 Å². The minimum atomic E-state index is -0.480. The highest BCUT2D eigenvalue weighted by Crippen LogP contribution is 2.30. The zero-order valence-corrected chi connectivity index (χ0v) is 10.2. The van der Waals surface area contributed by atoms with E-state index in [4.69, 9.17) is 4.99 Å². The van der Waals surface area contributed by atoms with Crippen LogP contribution >= 0.6 is 0 Å². The fourth-order valence-electron chi connectivity index (χ4n) is 2.12. The third-order valence-electron chi connectivity index (χ3n) is 3.17. The van der Waals surface area contributed by atoms with Gasteiger partial charge in [-0.1, -0.05) is 60.7 Å². The number of benzene rings is 2. The molecule has 0 bridgehead atoms. The molecule has 1 atom stereocenters. The molecular weight excluding hydrogens is 220 g/mol. The Hall–Kier alpha value is -2.22. The molecule has 1 heterocycles. The molecule has 0 fully saturated rings. The summed E-state index contributed by atoms with van der Waals surface area (Å²) < 4.78 is 0. The van der Waals surface area contributed by atoms with Crippen molar-refractivity contribution in [3.05, 3.63) is 71.8 Å². The largest absolute Gasteiger partial charge is 0.257 e. The van der Waals surface area contributed by atoms with E-state index >= 15 is 0 Å². The van der Waals surface area contributed by atoms with Gasteiger partial charge in [-0.2, -0.15) is 0 Å². The van der Waals surface area contributed by atoms with E-state index < -0.39 is 5.66 Å². The van der Waals surface area contributed by atoms with Crippen LogP contribution in [-0.4, -0.2) is 11.9 Å². The lowest BCUT2D eigenvalue weighted by Crippen LogP contribution is -2.13. The molecule has 2 aromatic rings. The maximum Gasteiger partial charge on any atom is 0.173 e. The molecule has 0 radical (unpaired) electrons. The molecule has 2 aromatic carbocycles. The number of aliphatic imine (C=N–C) groups is 2. The summed E-state index contributed by atoms with van der Waals surface area (Å²) in [5.41, 5.74) is 2.70. The van der Waals surface area contributed by atoms with Gasteiger partial charge in [0.25, 0.3) is 0 Å². The van der Waals surface area contributed by atoms with Gasteiger partial charge in [0.15, 0.2) is 5.66 Å². The first-order chi connectivity index (χ1) is 8.78. The van der Waals surface area contributed by atoms with Crippen molar-refractivity contribution in [1.29, 1.82) is 0 Å². The van der Waals surface area contributed by atoms with Gasteiger partial charge in [0.2, 0.25) is 0 Å². The first-order valence-electron chi connectivity index (χ1n) is 6.04. The number of hydrogen-bond donors (Lipinski definition) is 0. The molecule has 1 unspecified atom stereocenters. The van der Waals surface area contributed by atoms with Gasteiger partial charge in [0.05, 0.1) is 11.9 Å². The Kier molecular flexibility index (Phi) is 2.56. The summed E-state index contributed by atoms with van der Waals surface area (Å²) in [6, 6.07) is 20.3. The summed E-state index contributed by atoms with van der Waals surface area (Å²) in [4.78, 5) is 9.32. The highest BCUT2D eigenvalue weighted by atomic mass is 15.1. The summed E-state index contributed by atoms with van der Waals surface area (Å²) in [5, 5.41) is 0. The zero-order chi connectivity index (χ0) is 12.4. The molecule has 88 valence electrons. The van der Waals surface area contributed by atoms with Crippen LogP contribution in [0.3, 0.4) is 0 Å². The highest BCUT2D eigenvalue weighted by Gasteiger charge is 2.28. The Morgan fingerprint density at radius 1 is 0.833 bits per heavy atom. The zero-order valence-electron chi connectivity index (χ0n) is 10.2. The second-order valence-electron chi connectivity index (χ2n) is 4.51. The van der Waals surface area contributed by atoms with Crippen LogP contribution in [-0.2, 0) is 5.66 Å². The van der Waals surface area contributed by atoms with E-state index in [1.807, 2.05) is 49.5 Å². The van der Waals surface area contributed by atoms with Crippen LogP contribution in [0, 0.1) is 0 Å². The van der Waals surface area contributed by atoms with Crippen molar-refractivity contribution in [1.82, 2.24) is 0 Å². The van der Waals surface area contributed by atoms with Crippen LogP contribution in [0.2, 0.25) is 0 Å². The summed E-state index contributed by atoms with van der Waals surface area (Å²) in [6.45, 7) is 2.04. The molecule has 1 aliphatic heterocycles. The summed E-state index contributed by atoms with van der Waals surface area (Å²) in [6.07, 6.45) is 1.86. The van der Waals surface area contributed by atoms with Gasteiger partial charge in [0, 0.05) is 11.1 Å². The average molecular weight is 234 g/mol. The lowest BCUT2D eigenvalue weighted by atomic mass is 10.0. The average Bonchev–Trinajstić information content (AvgIpc) is 2.85. The van der Waals surface area contributed by atoms with Crippen LogP contribution in [0.15, 0.2) is 70.6 Å². The maximum absolute atomic E-state index is 4.75. The van der Waals surface area contributed by atoms with Gasteiger partial charge in [-0.05, 0) is 6.92 Å². The molecule has 0 aliphatic carbocycles. The monoisotopic (exact) mass is 234 g/mol. The van der Waals surface area contributed by atoms with Crippen LogP contribution in [0.1, 0.15) is 18.1 Å². The van der Waals surface area contributed by atoms with E-state index in [1.54, 1.807) is 0 Å². The molecule has 2 nitrogen and oxygen atoms in total. The first-order valence-corrected chi connectivity index (χ1v) is 6.04. The van der Waals surface area contributed by atoms with Gasteiger partial charge in [-0.25, -0.2) is 4.99 Å². The Balaban J connectivity index is 2.00. The first kappa shape index (κ1) is 10.9. The van der Waals surface area contributed by atoms with E-state index in [2.05, 4.69) is 29.3 Å². The number of rotatable bonds is 2. The smallest absolute Gasteiger partial charge is 0.173 e. The van der Waals surface area contributed by atoms with Crippen molar-refractivity contribution < 1.29 is 0 Å². The lowest BCUT2D eigenvalue weighted by molar-refractivity contribution is 0.542. The van der Waals surface area contributed by atoms with Crippen molar-refractivity contribution in [2.75, 3.05) is 0 Å². The predicted octanol–water partition coefficient (Wildman–Crippen LogP) is 3.43. The highest BCUT2D eigenvalue weighted by molar-refractivity contribution is 6.39. The standard InChI is InChI=1S/C16H14N2/c1-16(14-10-6-3-7-11-14)17-12-15(18-16)13-8-4-2-5-9-13/h2-12H,1H3. The van der Waals surface area contributed by atoms with E-state index in [-0.39, 0.29) is 0 Å². The topological polar surface area (TPSA) is 24.7 Å². The molecule has 0 saturated heterocycles. The van der Waals surface area contributed by atoms with Crippen molar-refractivity contribution in [2.24, 2.45) is 9.98 Å². The van der Waals surface area contributed by atoms with Crippen molar-refractivity contribution in [3.63, 3.8) is 0 Å². The Labute approximate surface area is 107 Å². The molecule has 2 heteroatoms. The van der Waals surface area contributed by atoms with E-state index in [0.717, 1.165) is 16.8 Å². The molecule has 0 saturated carbocycles. The minimum absolute atomic E-state index is 0.480. The van der Waals surface area contributed by atoms with E-state index in [9.17, 15) is 0 Å². The Bertz CT molecular complexity index is 600. The van der Waals surface area contributed by atoms with Crippen LogP contribution in [0.25, 0.3) is 0 Å². The number of nitrogens with zero attached hydrogens (tertiary/aromatic N) is 2. The Morgan fingerprint density at radius 3 is 2.11 bits per heavy atom. The van der Waals surface area contributed by atoms with Crippen LogP contribution < -0.4 is 0 Å². The Morgan fingerprint density at radius 2 is 1.44 bits per heavy atom. The third kappa shape index (κ3) is 1.86. The summed E-state index contributed by atoms with van der Waals surface area (Å²) in [7, 11) is 0. The molecule has 18 heavy (non-hydrogen) atoms. The molecule has 1 aliphatic rings. The van der Waals surface area contributed by atoms with Gasteiger partial charge in [-0.15, -0.1) is 0 Å². The molecule has 3 rings (SSSR count). The quantitative estimate of drug-likeness (QED) is 0.760. The fourth-order valence-corrected chi connectivity index (χ4v) is 2.12. The SMILES string of the molecule is CC1(c2ccccc2)N=CC(c2ccccc2)=N1. The molecule has 0 spiro atoms. The second-order valence-corrected chi connectivity index (χ2v) is 4.51. The van der Waals surface area contributed by atoms with Gasteiger partial charge >= 0.3 is 0 Å². The fraction of sp³-hybridized carbons (Fsp3) is 0.125. The molecule has 0 aromatic heterocycles. The lowest BCUT2D eigenvalue weighted by Gasteiger charge is -2.17. The van der Waals surface area contributed by atoms with Crippen LogP contribution in [0.4, 0.5) is 0 Å². The third-order valence-corrected chi connectivity index (χ3v) is 3.17. The van der Waals surface area contributed by atoms with Gasteiger partial charge < -0.3 is 0 Å². The summed E-state index contributed by atoms with van der Waals surface area (Å²) in [5.74, 6) is 0. The normalized spacial score (nSPS) is 21.9.